The molecular weight excluding hydrogens is 464 g/mol. The number of ether oxygens (including phenoxy) is 1. The molecule has 1 aliphatic carbocycles. The summed E-state index contributed by atoms with van der Waals surface area (Å²) in [6.45, 7) is 8.11. The van der Waals surface area contributed by atoms with Gasteiger partial charge in [-0.25, -0.2) is 4.79 Å². The summed E-state index contributed by atoms with van der Waals surface area (Å²) in [5.74, 6) is 0.274. The van der Waals surface area contributed by atoms with Crippen LogP contribution in [-0.2, 0) is 4.74 Å². The average molecular weight is 497 g/mol. The second-order valence-electron chi connectivity index (χ2n) is 10.3. The van der Waals surface area contributed by atoms with Gasteiger partial charge in [-0.05, 0) is 83.4 Å². The summed E-state index contributed by atoms with van der Waals surface area (Å²) in [4.78, 5) is 17.1. The molecule has 1 atom stereocenters. The molecule has 0 N–H and O–H groups in total. The van der Waals surface area contributed by atoms with E-state index in [4.69, 9.17) is 4.74 Å². The van der Waals surface area contributed by atoms with Gasteiger partial charge in [0.2, 0.25) is 0 Å². The molecule has 4 nitrogen and oxygen atoms in total. The predicted octanol–water partition coefficient (Wildman–Crippen LogP) is 6.17. The quantitative estimate of drug-likeness (QED) is 0.463. The summed E-state index contributed by atoms with van der Waals surface area (Å²) in [6.07, 6.45) is 5.23. The van der Waals surface area contributed by atoms with Crippen LogP contribution in [-0.4, -0.2) is 43.7 Å². The van der Waals surface area contributed by atoms with Gasteiger partial charge >= 0.3 is 5.97 Å². The highest BCUT2D eigenvalue weighted by Gasteiger charge is 2.55. The summed E-state index contributed by atoms with van der Waals surface area (Å²) in [5, 5.41) is 0. The highest BCUT2D eigenvalue weighted by Crippen LogP contribution is 2.54. The van der Waals surface area contributed by atoms with E-state index in [1.807, 2.05) is 12.1 Å². The summed E-state index contributed by atoms with van der Waals surface area (Å²) in [7, 11) is 1.42. The number of methoxy groups -OCH3 is 1. The smallest absolute Gasteiger partial charge is 0.339 e. The highest BCUT2D eigenvalue weighted by atomic mass is 79.9. The van der Waals surface area contributed by atoms with E-state index in [2.05, 4.69) is 69.9 Å². The van der Waals surface area contributed by atoms with E-state index < -0.39 is 0 Å². The van der Waals surface area contributed by atoms with Crippen LogP contribution in [0.15, 0.2) is 46.9 Å². The third kappa shape index (κ3) is 3.77. The van der Waals surface area contributed by atoms with Crippen LogP contribution in [0.25, 0.3) is 0 Å². The van der Waals surface area contributed by atoms with Crippen molar-refractivity contribution in [1.82, 2.24) is 4.90 Å². The summed E-state index contributed by atoms with van der Waals surface area (Å²) < 4.78 is 5.66. The van der Waals surface area contributed by atoms with Crippen molar-refractivity contribution in [2.24, 2.45) is 5.41 Å². The molecule has 0 unspecified atom stereocenters. The van der Waals surface area contributed by atoms with Crippen LogP contribution >= 0.6 is 15.9 Å². The molecule has 0 radical (unpaired) electrons. The minimum atomic E-state index is -0.301. The van der Waals surface area contributed by atoms with Crippen molar-refractivity contribution in [2.75, 3.05) is 31.6 Å². The molecule has 2 aromatic carbocycles. The average Bonchev–Trinajstić information content (AvgIpc) is 3.20. The third-order valence-corrected chi connectivity index (χ3v) is 8.51. The number of carbonyl (C=O) groups excluding carboxylic acids is 1. The molecule has 1 spiro atoms. The van der Waals surface area contributed by atoms with Crippen LogP contribution in [0.2, 0.25) is 0 Å². The van der Waals surface area contributed by atoms with Crippen molar-refractivity contribution in [3.05, 3.63) is 63.6 Å². The zero-order valence-electron chi connectivity index (χ0n) is 19.3. The van der Waals surface area contributed by atoms with Crippen LogP contribution in [0.5, 0.6) is 0 Å². The lowest BCUT2D eigenvalue weighted by Gasteiger charge is -2.62. The molecule has 170 valence electrons. The van der Waals surface area contributed by atoms with Gasteiger partial charge in [-0.15, -0.1) is 0 Å². The van der Waals surface area contributed by atoms with Crippen molar-refractivity contribution in [3.63, 3.8) is 0 Å². The fraction of sp³-hybridized carbons (Fsp3) is 0.519. The second-order valence-corrected chi connectivity index (χ2v) is 11.1. The lowest BCUT2D eigenvalue weighted by molar-refractivity contribution is -0.0257. The number of likely N-dealkylation sites (tertiary alicyclic amines) is 1. The normalized spacial score (nSPS) is 22.8. The Labute approximate surface area is 200 Å². The number of esters is 1. The number of anilines is 1. The van der Waals surface area contributed by atoms with Crippen molar-refractivity contribution in [3.8, 4) is 0 Å². The van der Waals surface area contributed by atoms with Gasteiger partial charge in [-0.3, -0.25) is 4.90 Å². The maximum atomic E-state index is 11.8. The molecule has 1 saturated carbocycles. The van der Waals surface area contributed by atoms with E-state index in [1.54, 1.807) is 5.56 Å². The fourth-order valence-corrected chi connectivity index (χ4v) is 6.78. The van der Waals surface area contributed by atoms with Crippen LogP contribution < -0.4 is 4.90 Å². The maximum Gasteiger partial charge on any atom is 0.339 e. The summed E-state index contributed by atoms with van der Waals surface area (Å²) in [5.41, 5.74) is 5.32. The van der Waals surface area contributed by atoms with Crippen molar-refractivity contribution < 1.29 is 9.53 Å². The third-order valence-electron chi connectivity index (χ3n) is 7.85. The fourth-order valence-electron chi connectivity index (χ4n) is 6.26. The number of hydrogen-bond acceptors (Lipinski definition) is 4. The largest absolute Gasteiger partial charge is 0.465 e. The Morgan fingerprint density at radius 2 is 1.91 bits per heavy atom. The van der Waals surface area contributed by atoms with Crippen molar-refractivity contribution in [1.29, 1.82) is 0 Å². The lowest BCUT2D eigenvalue weighted by Crippen LogP contribution is -2.66. The van der Waals surface area contributed by atoms with Gasteiger partial charge < -0.3 is 9.64 Å². The first-order chi connectivity index (χ1) is 15.4. The van der Waals surface area contributed by atoms with Crippen molar-refractivity contribution >= 4 is 27.6 Å². The van der Waals surface area contributed by atoms with Crippen LogP contribution in [0, 0.1) is 5.41 Å². The Morgan fingerprint density at radius 1 is 1.16 bits per heavy atom. The highest BCUT2D eigenvalue weighted by molar-refractivity contribution is 9.10. The number of carbonyl (C=O) groups is 1. The predicted molar refractivity (Wildman–Crippen MR) is 132 cm³/mol. The van der Waals surface area contributed by atoms with Gasteiger partial charge in [0.15, 0.2) is 0 Å². The van der Waals surface area contributed by atoms with Crippen LogP contribution in [0.3, 0.4) is 0 Å². The van der Waals surface area contributed by atoms with Gasteiger partial charge in [-0.1, -0.05) is 38.1 Å². The molecule has 5 heteroatoms. The minimum Gasteiger partial charge on any atom is -0.465 e. The number of benzene rings is 2. The van der Waals surface area contributed by atoms with Crippen LogP contribution in [0.1, 0.15) is 73.0 Å². The van der Waals surface area contributed by atoms with E-state index >= 15 is 0 Å². The summed E-state index contributed by atoms with van der Waals surface area (Å²) >= 11 is 3.53. The second kappa shape index (κ2) is 8.49. The number of hydrogen-bond donors (Lipinski definition) is 0. The molecule has 3 fully saturated rings. The van der Waals surface area contributed by atoms with Gasteiger partial charge in [-0.2, -0.15) is 0 Å². The topological polar surface area (TPSA) is 32.8 Å². The van der Waals surface area contributed by atoms with E-state index in [1.165, 1.54) is 50.6 Å². The lowest BCUT2D eigenvalue weighted by atomic mass is 9.60. The molecule has 2 aromatic rings. The monoisotopic (exact) mass is 496 g/mol. The standard InChI is InChI=1S/C27H33BrN2O2/c1-18(2)21-7-4-5-8-22(21)25-9-6-12-30(25)20-14-27(15-20)16-29(17-27)19-10-11-23(24(28)13-19)26(31)32-3/h4-5,7-8,10-11,13,18,20,25H,6,9,12,14-17H2,1-3H3/t25-/m0/s1. The molecular formula is C27H33BrN2O2. The molecule has 0 aromatic heterocycles. The molecule has 32 heavy (non-hydrogen) atoms. The molecule has 2 aliphatic heterocycles. The Bertz CT molecular complexity index is 1010. The van der Waals surface area contributed by atoms with Gasteiger partial charge in [0.25, 0.3) is 0 Å². The van der Waals surface area contributed by atoms with Crippen LogP contribution in [0.4, 0.5) is 5.69 Å². The first-order valence-electron chi connectivity index (χ1n) is 11.9. The molecule has 3 aliphatic rings. The van der Waals surface area contributed by atoms with E-state index in [0.29, 0.717) is 22.9 Å². The zero-order chi connectivity index (χ0) is 22.5. The van der Waals surface area contributed by atoms with E-state index in [9.17, 15) is 4.79 Å². The number of halogens is 1. The summed E-state index contributed by atoms with van der Waals surface area (Å²) in [6, 6.07) is 16.4. The van der Waals surface area contributed by atoms with Gasteiger partial charge in [0, 0.05) is 40.7 Å². The number of nitrogens with zero attached hydrogens (tertiary/aromatic N) is 2. The first-order valence-corrected chi connectivity index (χ1v) is 12.7. The van der Waals surface area contributed by atoms with Gasteiger partial charge in [0.1, 0.15) is 0 Å². The van der Waals surface area contributed by atoms with Gasteiger partial charge in [0.05, 0.1) is 12.7 Å². The Balaban J connectivity index is 1.22. The molecule has 0 amide bonds. The molecule has 0 bridgehead atoms. The Kier molecular flexibility index (Phi) is 5.83. The Hall–Kier alpha value is -1.85. The number of rotatable bonds is 5. The Morgan fingerprint density at radius 3 is 2.59 bits per heavy atom. The zero-order valence-corrected chi connectivity index (χ0v) is 20.9. The van der Waals surface area contributed by atoms with E-state index in [-0.39, 0.29) is 5.97 Å². The van der Waals surface area contributed by atoms with E-state index in [0.717, 1.165) is 23.6 Å². The first kappa shape index (κ1) is 22.0. The maximum absolute atomic E-state index is 11.8. The SMILES string of the molecule is COC(=O)c1ccc(N2CC3(CC(N4CCC[C@H]4c4ccccc4C(C)C)C3)C2)cc1Br. The molecule has 2 saturated heterocycles. The van der Waals surface area contributed by atoms with Crippen molar-refractivity contribution in [2.45, 2.75) is 57.5 Å². The molecule has 2 heterocycles. The minimum absolute atomic E-state index is 0.301. The molecule has 5 rings (SSSR count).